The van der Waals surface area contributed by atoms with Crippen LogP contribution < -0.4 is 0 Å². The smallest absolute Gasteiger partial charge is 0.216 e. The maximum absolute atomic E-state index is 5.94. The summed E-state index contributed by atoms with van der Waals surface area (Å²) in [6.07, 6.45) is 1.68. The van der Waals surface area contributed by atoms with E-state index in [-0.39, 0.29) is 0 Å². The molecule has 0 radical (unpaired) electrons. The average molecular weight is 412 g/mol. The maximum atomic E-state index is 5.94. The van der Waals surface area contributed by atoms with Crippen LogP contribution in [0.4, 0.5) is 0 Å². The number of rotatable bonds is 4. The summed E-state index contributed by atoms with van der Waals surface area (Å²) in [5.41, 5.74) is 3.89. The molecule has 0 unspecified atom stereocenters. The second-order valence-corrected chi connectivity index (χ2v) is 7.54. The molecule has 27 heavy (non-hydrogen) atoms. The molecule has 0 aliphatic heterocycles. The molecular weight excluding hydrogens is 398 g/mol. The van der Waals surface area contributed by atoms with Gasteiger partial charge in [-0.25, -0.2) is 10.1 Å². The third kappa shape index (κ3) is 3.90. The van der Waals surface area contributed by atoms with Crippen LogP contribution in [0.2, 0.25) is 5.02 Å². The molecule has 4 rings (SSSR count). The lowest BCUT2D eigenvalue weighted by Gasteiger charge is -2.01. The van der Waals surface area contributed by atoms with Gasteiger partial charge < -0.3 is 0 Å². The minimum absolute atomic E-state index is 0.426. The molecule has 2 aromatic carbocycles. The lowest BCUT2D eigenvalue weighted by molar-refractivity contribution is 0.871. The van der Waals surface area contributed by atoms with Gasteiger partial charge in [-0.15, -0.1) is 11.3 Å². The Labute approximate surface area is 170 Å². The van der Waals surface area contributed by atoms with E-state index in [1.165, 1.54) is 5.56 Å². The predicted octanol–water partition coefficient (Wildman–Crippen LogP) is 5.58. The van der Waals surface area contributed by atoms with E-state index in [1.807, 2.05) is 60.8 Å². The van der Waals surface area contributed by atoms with Gasteiger partial charge in [-0.1, -0.05) is 53.6 Å². The fourth-order valence-corrected chi connectivity index (χ4v) is 3.56. The number of hydrogen-bond donors (Lipinski definition) is 1. The highest BCUT2D eigenvalue weighted by Crippen LogP contribution is 2.25. The molecule has 0 aliphatic rings. The third-order valence-corrected chi connectivity index (χ3v) is 5.30. The Kier molecular flexibility index (Phi) is 4.98. The Morgan fingerprint density at radius 2 is 1.81 bits per heavy atom. The summed E-state index contributed by atoms with van der Waals surface area (Å²) >= 11 is 12.8. The van der Waals surface area contributed by atoms with Crippen LogP contribution in [0.3, 0.4) is 0 Å². The van der Waals surface area contributed by atoms with Crippen molar-refractivity contribution in [3.05, 3.63) is 75.0 Å². The summed E-state index contributed by atoms with van der Waals surface area (Å²) in [5, 5.41) is 15.1. The van der Waals surface area contributed by atoms with Gasteiger partial charge in [-0.05, 0) is 31.3 Å². The van der Waals surface area contributed by atoms with Crippen LogP contribution in [0, 0.1) is 11.7 Å². The first-order valence-electron chi connectivity index (χ1n) is 8.10. The molecule has 2 aromatic heterocycles. The summed E-state index contributed by atoms with van der Waals surface area (Å²) in [5.74, 6) is 0.657. The lowest BCUT2D eigenvalue weighted by atomic mass is 10.1. The number of benzene rings is 2. The number of nitrogens with zero attached hydrogens (tertiary/aromatic N) is 4. The molecule has 0 amide bonds. The van der Waals surface area contributed by atoms with Crippen molar-refractivity contribution in [3.8, 4) is 22.0 Å². The monoisotopic (exact) mass is 411 g/mol. The summed E-state index contributed by atoms with van der Waals surface area (Å²) in [4.78, 5) is 4.60. The lowest BCUT2D eigenvalue weighted by Crippen LogP contribution is -1.95. The highest BCUT2D eigenvalue weighted by molar-refractivity contribution is 7.71. The molecule has 5 nitrogen and oxygen atoms in total. The first kappa shape index (κ1) is 17.8. The SMILES string of the molecule is Cc1ccc(-c2n[nH]c(=S)n2/N=C\c2csc(-c3ccc(Cl)cc3)n2)cc1. The molecule has 4 aromatic rings. The van der Waals surface area contributed by atoms with Crippen LogP contribution in [0.5, 0.6) is 0 Å². The van der Waals surface area contributed by atoms with Crippen molar-refractivity contribution in [3.63, 3.8) is 0 Å². The van der Waals surface area contributed by atoms with Gasteiger partial charge in [0.2, 0.25) is 4.77 Å². The summed E-state index contributed by atoms with van der Waals surface area (Å²) in [6.45, 7) is 2.04. The van der Waals surface area contributed by atoms with E-state index in [1.54, 1.807) is 22.2 Å². The van der Waals surface area contributed by atoms with Crippen LogP contribution in [-0.4, -0.2) is 26.1 Å². The van der Waals surface area contributed by atoms with Crippen molar-refractivity contribution in [2.75, 3.05) is 0 Å². The van der Waals surface area contributed by atoms with E-state index in [9.17, 15) is 0 Å². The van der Waals surface area contributed by atoms with Crippen molar-refractivity contribution >= 4 is 41.4 Å². The maximum Gasteiger partial charge on any atom is 0.216 e. The highest BCUT2D eigenvalue weighted by atomic mass is 35.5. The molecule has 1 N–H and O–H groups in total. The van der Waals surface area contributed by atoms with Crippen LogP contribution in [0.15, 0.2) is 59.0 Å². The molecule has 0 saturated carbocycles. The molecule has 8 heteroatoms. The third-order valence-electron chi connectivity index (χ3n) is 3.88. The van der Waals surface area contributed by atoms with E-state index in [0.29, 0.717) is 15.6 Å². The molecule has 0 aliphatic carbocycles. The van der Waals surface area contributed by atoms with Gasteiger partial charge in [0.15, 0.2) is 5.82 Å². The van der Waals surface area contributed by atoms with Crippen LogP contribution in [0.25, 0.3) is 22.0 Å². The minimum atomic E-state index is 0.426. The molecule has 0 saturated heterocycles. The second-order valence-electron chi connectivity index (χ2n) is 5.86. The Morgan fingerprint density at radius 1 is 1.11 bits per heavy atom. The van der Waals surface area contributed by atoms with E-state index in [2.05, 4.69) is 20.3 Å². The minimum Gasteiger partial charge on any atom is -0.250 e. The first-order valence-corrected chi connectivity index (χ1v) is 9.77. The number of nitrogens with one attached hydrogen (secondary N) is 1. The standard InChI is InChI=1S/C19H14ClN5S2/c1-12-2-4-13(5-3-12)17-23-24-19(26)25(17)21-10-16-11-27-18(22-16)14-6-8-15(20)9-7-14/h2-11H,1H3,(H,24,26)/b21-10-. The van der Waals surface area contributed by atoms with Gasteiger partial charge in [0.25, 0.3) is 0 Å². The van der Waals surface area contributed by atoms with Gasteiger partial charge in [0.1, 0.15) is 5.01 Å². The number of aromatic nitrogens is 4. The number of aryl methyl sites for hydroxylation is 1. The zero-order valence-corrected chi connectivity index (χ0v) is 16.6. The van der Waals surface area contributed by atoms with E-state index in [4.69, 9.17) is 23.8 Å². The van der Waals surface area contributed by atoms with Crippen molar-refractivity contribution in [1.29, 1.82) is 0 Å². The van der Waals surface area contributed by atoms with Gasteiger partial charge in [0, 0.05) is 21.5 Å². The summed E-state index contributed by atoms with van der Waals surface area (Å²) in [7, 11) is 0. The zero-order valence-electron chi connectivity index (χ0n) is 14.3. The molecule has 134 valence electrons. The van der Waals surface area contributed by atoms with E-state index < -0.39 is 0 Å². The molecular formula is C19H14ClN5S2. The number of thiazole rings is 1. The molecule has 0 atom stereocenters. The first-order chi connectivity index (χ1) is 13.1. The van der Waals surface area contributed by atoms with Gasteiger partial charge >= 0.3 is 0 Å². The Morgan fingerprint density at radius 3 is 2.56 bits per heavy atom. The van der Waals surface area contributed by atoms with Crippen LogP contribution >= 0.6 is 35.2 Å². The summed E-state index contributed by atoms with van der Waals surface area (Å²) in [6, 6.07) is 15.6. The number of aromatic amines is 1. The van der Waals surface area contributed by atoms with Gasteiger partial charge in [0.05, 0.1) is 11.9 Å². The van der Waals surface area contributed by atoms with Crippen molar-refractivity contribution in [2.45, 2.75) is 6.92 Å². The van der Waals surface area contributed by atoms with Crippen molar-refractivity contribution < 1.29 is 0 Å². The largest absolute Gasteiger partial charge is 0.250 e. The van der Waals surface area contributed by atoms with Crippen molar-refractivity contribution in [1.82, 2.24) is 19.9 Å². The molecule has 0 fully saturated rings. The average Bonchev–Trinajstić information content (AvgIpc) is 3.28. The zero-order chi connectivity index (χ0) is 18.8. The van der Waals surface area contributed by atoms with Gasteiger partial charge in [-0.3, -0.25) is 0 Å². The fourth-order valence-electron chi connectivity index (χ4n) is 2.48. The second kappa shape index (κ2) is 7.56. The highest BCUT2D eigenvalue weighted by Gasteiger charge is 2.08. The topological polar surface area (TPSA) is 58.9 Å². The molecule has 2 heterocycles. The summed E-state index contributed by atoms with van der Waals surface area (Å²) < 4.78 is 2.02. The fraction of sp³-hybridized carbons (Fsp3) is 0.0526. The van der Waals surface area contributed by atoms with Crippen LogP contribution in [0.1, 0.15) is 11.3 Å². The van der Waals surface area contributed by atoms with Crippen LogP contribution in [-0.2, 0) is 0 Å². The molecule has 0 spiro atoms. The number of H-pyrrole nitrogens is 1. The predicted molar refractivity (Wildman–Crippen MR) is 113 cm³/mol. The quantitative estimate of drug-likeness (QED) is 0.352. The number of hydrogen-bond acceptors (Lipinski definition) is 5. The van der Waals surface area contributed by atoms with E-state index in [0.717, 1.165) is 21.8 Å². The Balaban J connectivity index is 1.62. The normalized spacial score (nSPS) is 11.3. The Hall–Kier alpha value is -2.61. The Bertz CT molecular complexity index is 1150. The molecule has 0 bridgehead atoms. The van der Waals surface area contributed by atoms with E-state index >= 15 is 0 Å². The van der Waals surface area contributed by atoms with Gasteiger partial charge in [-0.2, -0.15) is 14.9 Å². The van der Waals surface area contributed by atoms with Crippen molar-refractivity contribution in [2.24, 2.45) is 5.10 Å². The number of halogens is 1.